The minimum absolute atomic E-state index is 0.0733. The Morgan fingerprint density at radius 1 is 1.45 bits per heavy atom. The highest BCUT2D eigenvalue weighted by Gasteiger charge is 2.51. The summed E-state index contributed by atoms with van der Waals surface area (Å²) in [5.74, 6) is 0.520. The maximum atomic E-state index is 13.6. The lowest BCUT2D eigenvalue weighted by atomic mass is 9.84. The van der Waals surface area contributed by atoms with Gasteiger partial charge in [0.05, 0.1) is 4.47 Å². The van der Waals surface area contributed by atoms with Crippen molar-refractivity contribution in [2.24, 2.45) is 11.8 Å². The number of nitrogens with zero attached hydrogens (tertiary/aromatic N) is 1. The molecule has 3 nitrogen and oxygen atoms in total. The van der Waals surface area contributed by atoms with Crippen LogP contribution in [0.15, 0.2) is 22.7 Å². The number of carbonyl (C=O) groups excluding carboxylic acids is 1. The Balaban J connectivity index is 1.89. The molecule has 0 bridgehead atoms. The van der Waals surface area contributed by atoms with E-state index in [-0.39, 0.29) is 11.4 Å². The minimum atomic E-state index is -0.394. The molecule has 3 rings (SSSR count). The molecule has 0 saturated carbocycles. The second-order valence-electron chi connectivity index (χ2n) is 6.22. The van der Waals surface area contributed by atoms with Crippen molar-refractivity contribution in [1.82, 2.24) is 10.2 Å². The van der Waals surface area contributed by atoms with E-state index in [1.807, 2.05) is 4.90 Å². The zero-order valence-corrected chi connectivity index (χ0v) is 13.2. The van der Waals surface area contributed by atoms with Gasteiger partial charge in [0.2, 0.25) is 0 Å². The molecule has 5 heteroatoms. The predicted octanol–water partition coefficient (Wildman–Crippen LogP) is 2.66. The van der Waals surface area contributed by atoms with Crippen LogP contribution in [0.3, 0.4) is 0 Å². The summed E-state index contributed by atoms with van der Waals surface area (Å²) in [5, 5.41) is 3.39. The van der Waals surface area contributed by atoms with Gasteiger partial charge in [-0.2, -0.15) is 0 Å². The number of carbonyl (C=O) groups is 1. The van der Waals surface area contributed by atoms with Gasteiger partial charge in [0.25, 0.3) is 5.91 Å². The fourth-order valence-electron chi connectivity index (χ4n) is 3.55. The topological polar surface area (TPSA) is 32.3 Å². The Hall–Kier alpha value is -0.940. The van der Waals surface area contributed by atoms with Crippen LogP contribution < -0.4 is 5.32 Å². The van der Waals surface area contributed by atoms with Crippen molar-refractivity contribution in [3.8, 4) is 0 Å². The second-order valence-corrected chi connectivity index (χ2v) is 7.08. The van der Waals surface area contributed by atoms with Crippen LogP contribution in [0.4, 0.5) is 4.39 Å². The number of likely N-dealkylation sites (tertiary alicyclic amines) is 1. The molecule has 0 spiro atoms. The van der Waals surface area contributed by atoms with Gasteiger partial charge in [0, 0.05) is 30.7 Å². The number of halogens is 2. The summed E-state index contributed by atoms with van der Waals surface area (Å²) in [6.45, 7) is 6.89. The van der Waals surface area contributed by atoms with Gasteiger partial charge < -0.3 is 10.2 Å². The molecule has 20 heavy (non-hydrogen) atoms. The quantitative estimate of drug-likeness (QED) is 0.852. The molecule has 1 amide bonds. The molecule has 0 aliphatic carbocycles. The lowest BCUT2D eigenvalue weighted by Gasteiger charge is -2.35. The summed E-state index contributed by atoms with van der Waals surface area (Å²) in [7, 11) is 0. The fourth-order valence-corrected chi connectivity index (χ4v) is 3.80. The van der Waals surface area contributed by atoms with Crippen LogP contribution in [-0.4, -0.2) is 36.0 Å². The average Bonchev–Trinajstić information content (AvgIpc) is 2.95. The van der Waals surface area contributed by atoms with E-state index in [4.69, 9.17) is 0 Å². The van der Waals surface area contributed by atoms with Crippen LogP contribution in [0.5, 0.6) is 0 Å². The predicted molar refractivity (Wildman–Crippen MR) is 79.1 cm³/mol. The highest BCUT2D eigenvalue weighted by molar-refractivity contribution is 9.10. The van der Waals surface area contributed by atoms with Crippen LogP contribution in [0.1, 0.15) is 24.2 Å². The van der Waals surface area contributed by atoms with E-state index in [1.54, 1.807) is 12.1 Å². The second kappa shape index (κ2) is 4.81. The first-order valence-electron chi connectivity index (χ1n) is 6.89. The molecule has 1 aromatic carbocycles. The summed E-state index contributed by atoms with van der Waals surface area (Å²) < 4.78 is 14.0. The summed E-state index contributed by atoms with van der Waals surface area (Å²) in [6, 6.07) is 4.58. The summed E-state index contributed by atoms with van der Waals surface area (Å²) >= 11 is 3.12. The number of fused-ring (bicyclic) bond motifs is 1. The SMILES string of the molecule is CC1(C)C2CNCC2CN1C(=O)c1ccc(Br)c(F)c1. The van der Waals surface area contributed by atoms with E-state index in [1.165, 1.54) is 6.07 Å². The van der Waals surface area contributed by atoms with E-state index in [0.717, 1.165) is 19.6 Å². The monoisotopic (exact) mass is 340 g/mol. The van der Waals surface area contributed by atoms with E-state index < -0.39 is 5.82 Å². The number of hydrogen-bond donors (Lipinski definition) is 1. The molecule has 2 atom stereocenters. The van der Waals surface area contributed by atoms with Crippen molar-refractivity contribution in [1.29, 1.82) is 0 Å². The van der Waals surface area contributed by atoms with E-state index >= 15 is 0 Å². The van der Waals surface area contributed by atoms with Crippen molar-refractivity contribution in [3.63, 3.8) is 0 Å². The summed E-state index contributed by atoms with van der Waals surface area (Å²) in [4.78, 5) is 14.6. The maximum Gasteiger partial charge on any atom is 0.254 e. The van der Waals surface area contributed by atoms with Crippen LogP contribution in [-0.2, 0) is 0 Å². The molecule has 2 heterocycles. The van der Waals surface area contributed by atoms with Crippen LogP contribution in [0.25, 0.3) is 0 Å². The van der Waals surface area contributed by atoms with E-state index in [2.05, 4.69) is 35.1 Å². The molecule has 0 radical (unpaired) electrons. The molecule has 2 unspecified atom stereocenters. The fraction of sp³-hybridized carbons (Fsp3) is 0.533. The molecule has 1 aromatic rings. The van der Waals surface area contributed by atoms with Gasteiger partial charge in [-0.15, -0.1) is 0 Å². The Morgan fingerprint density at radius 3 is 2.85 bits per heavy atom. The first kappa shape index (κ1) is 14.0. The Morgan fingerprint density at radius 2 is 2.20 bits per heavy atom. The first-order valence-corrected chi connectivity index (χ1v) is 7.68. The van der Waals surface area contributed by atoms with Crippen LogP contribution in [0.2, 0.25) is 0 Å². The van der Waals surface area contributed by atoms with Gasteiger partial charge in [-0.1, -0.05) is 0 Å². The third kappa shape index (κ3) is 2.07. The number of amides is 1. The number of hydrogen-bond acceptors (Lipinski definition) is 2. The van der Waals surface area contributed by atoms with Gasteiger partial charge in [-0.3, -0.25) is 4.79 Å². The highest BCUT2D eigenvalue weighted by Crippen LogP contribution is 2.41. The van der Waals surface area contributed by atoms with Gasteiger partial charge in [0.15, 0.2) is 0 Å². The lowest BCUT2D eigenvalue weighted by molar-refractivity contribution is 0.0603. The third-order valence-corrected chi connectivity index (χ3v) is 5.41. The zero-order chi connectivity index (χ0) is 14.5. The smallest absolute Gasteiger partial charge is 0.254 e. The van der Waals surface area contributed by atoms with Crippen molar-refractivity contribution >= 4 is 21.8 Å². The zero-order valence-electron chi connectivity index (χ0n) is 11.6. The molecule has 0 aromatic heterocycles. The number of nitrogens with one attached hydrogen (secondary N) is 1. The Labute approximate surface area is 126 Å². The van der Waals surface area contributed by atoms with Crippen molar-refractivity contribution in [3.05, 3.63) is 34.1 Å². The van der Waals surface area contributed by atoms with E-state index in [0.29, 0.717) is 21.9 Å². The highest BCUT2D eigenvalue weighted by atomic mass is 79.9. The molecule has 2 aliphatic heterocycles. The molecular formula is C15H18BrFN2O. The third-order valence-electron chi connectivity index (χ3n) is 4.77. The average molecular weight is 341 g/mol. The molecular weight excluding hydrogens is 323 g/mol. The largest absolute Gasteiger partial charge is 0.333 e. The maximum absolute atomic E-state index is 13.6. The molecule has 1 N–H and O–H groups in total. The normalized spacial score (nSPS) is 27.7. The molecule has 2 fully saturated rings. The van der Waals surface area contributed by atoms with Crippen molar-refractivity contribution in [2.45, 2.75) is 19.4 Å². The van der Waals surface area contributed by atoms with Gasteiger partial charge in [-0.05, 0) is 59.8 Å². The minimum Gasteiger partial charge on any atom is -0.333 e. The van der Waals surface area contributed by atoms with E-state index in [9.17, 15) is 9.18 Å². The number of benzene rings is 1. The summed E-state index contributed by atoms with van der Waals surface area (Å²) in [5.41, 5.74) is 0.237. The molecule has 2 aliphatic rings. The number of rotatable bonds is 1. The van der Waals surface area contributed by atoms with Crippen LogP contribution in [0, 0.1) is 17.7 Å². The summed E-state index contributed by atoms with van der Waals surface area (Å²) in [6.07, 6.45) is 0. The van der Waals surface area contributed by atoms with Crippen molar-refractivity contribution < 1.29 is 9.18 Å². The lowest BCUT2D eigenvalue weighted by Crippen LogP contribution is -2.47. The Bertz CT molecular complexity index is 561. The molecule has 108 valence electrons. The molecule has 2 saturated heterocycles. The first-order chi connectivity index (χ1) is 9.41. The van der Waals surface area contributed by atoms with Crippen LogP contribution >= 0.6 is 15.9 Å². The van der Waals surface area contributed by atoms with Gasteiger partial charge >= 0.3 is 0 Å². The van der Waals surface area contributed by atoms with Gasteiger partial charge in [-0.25, -0.2) is 4.39 Å². The standard InChI is InChI=1S/C15H18BrFN2O/c1-15(2)11-7-18-6-10(11)8-19(15)14(20)9-3-4-12(16)13(17)5-9/h3-5,10-11,18H,6-8H2,1-2H3. The Kier molecular flexibility index (Phi) is 3.37. The van der Waals surface area contributed by atoms with Crippen molar-refractivity contribution in [2.75, 3.05) is 19.6 Å². The van der Waals surface area contributed by atoms with Gasteiger partial charge in [0.1, 0.15) is 5.82 Å².